The van der Waals surface area contributed by atoms with Gasteiger partial charge >= 0.3 is 0 Å². The van der Waals surface area contributed by atoms with E-state index in [2.05, 4.69) is 39.3 Å². The Morgan fingerprint density at radius 2 is 2.14 bits per heavy atom. The highest BCUT2D eigenvalue weighted by Gasteiger charge is 2.44. The molecule has 0 aliphatic carbocycles. The van der Waals surface area contributed by atoms with Crippen LogP contribution in [0.1, 0.15) is 24.7 Å². The number of piperidine rings is 1. The zero-order chi connectivity index (χ0) is 20.1. The molecule has 2 aromatic rings. The molecule has 1 aromatic heterocycles. The van der Waals surface area contributed by atoms with Crippen LogP contribution in [0.5, 0.6) is 0 Å². The third-order valence-electron chi connectivity index (χ3n) is 4.65. The van der Waals surface area contributed by atoms with Crippen molar-refractivity contribution in [3.8, 4) is 0 Å². The Labute approximate surface area is 167 Å². The summed E-state index contributed by atoms with van der Waals surface area (Å²) in [6, 6.07) is 8.24. The van der Waals surface area contributed by atoms with Crippen LogP contribution in [0.3, 0.4) is 0 Å². The molecule has 6 nitrogen and oxygen atoms in total. The number of halogens is 2. The molecule has 1 unspecified atom stereocenters. The zero-order valence-electron chi connectivity index (χ0n) is 16.0. The molecule has 0 saturated carbocycles. The number of aromatic nitrogens is 3. The molecule has 2 heterocycles. The van der Waals surface area contributed by atoms with Gasteiger partial charge in [0.05, 0.1) is 12.5 Å². The second-order valence-corrected chi connectivity index (χ2v) is 8.11. The lowest BCUT2D eigenvalue weighted by Crippen LogP contribution is -2.49. The first kappa shape index (κ1) is 20.7. The molecule has 28 heavy (non-hydrogen) atoms. The Hall–Kier alpha value is -2.00. The van der Waals surface area contributed by atoms with Crippen molar-refractivity contribution < 1.29 is 13.9 Å². The number of rotatable bonds is 7. The average molecular weight is 410 g/mol. The van der Waals surface area contributed by atoms with E-state index >= 15 is 0 Å². The van der Waals surface area contributed by atoms with Crippen molar-refractivity contribution in [2.45, 2.75) is 37.6 Å². The molecule has 1 saturated heterocycles. The molecule has 3 rings (SSSR count). The number of benzene rings is 1. The number of nitrogens with zero attached hydrogens (tertiary/aromatic N) is 4. The summed E-state index contributed by atoms with van der Waals surface area (Å²) in [5, 5.41) is 12.5. The van der Waals surface area contributed by atoms with E-state index in [0.717, 1.165) is 11.3 Å². The second kappa shape index (κ2) is 9.00. The average Bonchev–Trinajstić information content (AvgIpc) is 2.66. The first-order valence-electron chi connectivity index (χ1n) is 9.33. The lowest BCUT2D eigenvalue weighted by Gasteiger charge is -2.37. The van der Waals surface area contributed by atoms with E-state index in [1.54, 1.807) is 23.6 Å². The van der Waals surface area contributed by atoms with Crippen LogP contribution in [0.15, 0.2) is 29.2 Å². The molecule has 0 bridgehead atoms. The van der Waals surface area contributed by atoms with Gasteiger partial charge in [0.1, 0.15) is 5.82 Å². The highest BCUT2D eigenvalue weighted by Crippen LogP contribution is 2.34. The SMILES string of the molecule is CCSc1cccc(CNc2nc(C)nc(N3CCC(F)(F)C(CO)C3)n2)c1. The maximum Gasteiger partial charge on any atom is 0.256 e. The van der Waals surface area contributed by atoms with E-state index in [-0.39, 0.29) is 19.5 Å². The van der Waals surface area contributed by atoms with Crippen molar-refractivity contribution in [1.82, 2.24) is 15.0 Å². The Morgan fingerprint density at radius 3 is 2.89 bits per heavy atom. The van der Waals surface area contributed by atoms with Crippen molar-refractivity contribution in [1.29, 1.82) is 0 Å². The van der Waals surface area contributed by atoms with E-state index in [0.29, 0.717) is 24.3 Å². The Morgan fingerprint density at radius 1 is 1.32 bits per heavy atom. The predicted octanol–water partition coefficient (Wildman–Crippen LogP) is 3.36. The van der Waals surface area contributed by atoms with E-state index in [4.69, 9.17) is 0 Å². The van der Waals surface area contributed by atoms with Crippen LogP contribution in [0, 0.1) is 12.8 Å². The molecule has 1 atom stereocenters. The molecule has 1 aromatic carbocycles. The van der Waals surface area contributed by atoms with Gasteiger partial charge in [0.2, 0.25) is 11.9 Å². The van der Waals surface area contributed by atoms with Crippen molar-refractivity contribution in [3.05, 3.63) is 35.7 Å². The van der Waals surface area contributed by atoms with Gasteiger partial charge in [0, 0.05) is 31.0 Å². The van der Waals surface area contributed by atoms with Crippen molar-refractivity contribution in [3.63, 3.8) is 0 Å². The normalized spacial score (nSPS) is 18.9. The number of hydrogen-bond acceptors (Lipinski definition) is 7. The molecule has 152 valence electrons. The van der Waals surface area contributed by atoms with Gasteiger partial charge in [0.15, 0.2) is 0 Å². The number of anilines is 2. The van der Waals surface area contributed by atoms with Crippen LogP contribution in [0.25, 0.3) is 0 Å². The fraction of sp³-hybridized carbons (Fsp3) is 0.526. The lowest BCUT2D eigenvalue weighted by molar-refractivity contribution is -0.0881. The van der Waals surface area contributed by atoms with Gasteiger partial charge in [-0.05, 0) is 30.4 Å². The van der Waals surface area contributed by atoms with Crippen LogP contribution < -0.4 is 10.2 Å². The Kier molecular flexibility index (Phi) is 6.66. The van der Waals surface area contributed by atoms with Gasteiger partial charge in [-0.3, -0.25) is 0 Å². The first-order valence-corrected chi connectivity index (χ1v) is 10.3. The summed E-state index contributed by atoms with van der Waals surface area (Å²) in [4.78, 5) is 15.9. The fourth-order valence-electron chi connectivity index (χ4n) is 3.13. The minimum absolute atomic E-state index is 0.0165. The minimum atomic E-state index is -2.87. The third kappa shape index (κ3) is 5.08. The maximum absolute atomic E-state index is 13.9. The third-order valence-corrected chi connectivity index (χ3v) is 5.53. The van der Waals surface area contributed by atoms with Gasteiger partial charge < -0.3 is 15.3 Å². The number of aliphatic hydroxyl groups excluding tert-OH is 1. The summed E-state index contributed by atoms with van der Waals surface area (Å²) in [7, 11) is 0. The molecule has 9 heteroatoms. The van der Waals surface area contributed by atoms with E-state index in [1.807, 2.05) is 12.1 Å². The molecule has 1 aliphatic heterocycles. The summed E-state index contributed by atoms with van der Waals surface area (Å²) in [6.45, 7) is 4.01. The highest BCUT2D eigenvalue weighted by molar-refractivity contribution is 7.99. The molecule has 0 amide bonds. The van der Waals surface area contributed by atoms with Gasteiger partial charge in [-0.1, -0.05) is 19.1 Å². The van der Waals surface area contributed by atoms with Crippen LogP contribution in [-0.4, -0.2) is 51.4 Å². The quantitative estimate of drug-likeness (QED) is 0.679. The second-order valence-electron chi connectivity index (χ2n) is 6.78. The molecular formula is C19H25F2N5OS. The summed E-state index contributed by atoms with van der Waals surface area (Å²) < 4.78 is 27.7. The molecule has 1 fully saturated rings. The van der Waals surface area contributed by atoms with Crippen LogP contribution >= 0.6 is 11.8 Å². The van der Waals surface area contributed by atoms with Gasteiger partial charge in [-0.25, -0.2) is 8.78 Å². The standard InChI is InChI=1S/C19H25F2N5OS/c1-3-28-16-6-4-5-14(9-16)10-22-17-23-13(2)24-18(25-17)26-8-7-19(20,21)15(11-26)12-27/h4-6,9,15,27H,3,7-8,10-12H2,1-2H3,(H,22,23,24,25). The van der Waals surface area contributed by atoms with Gasteiger partial charge in [0.25, 0.3) is 5.92 Å². The largest absolute Gasteiger partial charge is 0.396 e. The number of aliphatic hydroxyl groups is 1. The van der Waals surface area contributed by atoms with Crippen molar-refractivity contribution >= 4 is 23.7 Å². The number of thioether (sulfide) groups is 1. The number of alkyl halides is 2. The predicted molar refractivity (Wildman–Crippen MR) is 107 cm³/mol. The van der Waals surface area contributed by atoms with Crippen LogP contribution in [0.4, 0.5) is 20.7 Å². The molecule has 0 radical (unpaired) electrons. The smallest absolute Gasteiger partial charge is 0.256 e. The summed E-state index contributed by atoms with van der Waals surface area (Å²) >= 11 is 1.78. The van der Waals surface area contributed by atoms with Crippen LogP contribution in [-0.2, 0) is 6.54 Å². The topological polar surface area (TPSA) is 74.2 Å². The Bertz CT molecular complexity index is 808. The molecule has 2 N–H and O–H groups in total. The fourth-order valence-corrected chi connectivity index (χ4v) is 3.88. The number of hydrogen-bond donors (Lipinski definition) is 2. The van der Waals surface area contributed by atoms with Gasteiger partial charge in [-0.15, -0.1) is 11.8 Å². The molecule has 0 spiro atoms. The summed E-state index contributed by atoms with van der Waals surface area (Å²) in [5.41, 5.74) is 1.11. The summed E-state index contributed by atoms with van der Waals surface area (Å²) in [5.74, 6) is -1.69. The minimum Gasteiger partial charge on any atom is -0.396 e. The first-order chi connectivity index (χ1) is 13.4. The van der Waals surface area contributed by atoms with Gasteiger partial charge in [-0.2, -0.15) is 15.0 Å². The van der Waals surface area contributed by atoms with E-state index in [9.17, 15) is 13.9 Å². The molecule has 1 aliphatic rings. The van der Waals surface area contributed by atoms with Crippen molar-refractivity contribution in [2.75, 3.05) is 35.7 Å². The summed E-state index contributed by atoms with van der Waals surface area (Å²) in [6.07, 6.45) is -0.326. The molecular weight excluding hydrogens is 384 g/mol. The van der Waals surface area contributed by atoms with E-state index in [1.165, 1.54) is 4.90 Å². The highest BCUT2D eigenvalue weighted by atomic mass is 32.2. The number of nitrogens with one attached hydrogen (secondary N) is 1. The van der Waals surface area contributed by atoms with Crippen LogP contribution in [0.2, 0.25) is 0 Å². The Balaban J connectivity index is 1.71. The van der Waals surface area contributed by atoms with E-state index < -0.39 is 18.4 Å². The maximum atomic E-state index is 13.9. The number of aryl methyl sites for hydroxylation is 1. The van der Waals surface area contributed by atoms with Crippen molar-refractivity contribution in [2.24, 2.45) is 5.92 Å². The zero-order valence-corrected chi connectivity index (χ0v) is 16.8. The lowest BCUT2D eigenvalue weighted by atomic mass is 9.94. The monoisotopic (exact) mass is 409 g/mol.